The molecule has 54 valence electrons. The molecule has 2 N–H and O–H groups in total. The molecule has 1 heterocycles. The lowest BCUT2D eigenvalue weighted by Crippen LogP contribution is -1.63. The Morgan fingerprint density at radius 1 is 1.10 bits per heavy atom. The first-order chi connectivity index (χ1) is 4.86. The molecule has 2 aromatic rings. The Morgan fingerprint density at radius 3 is 2.10 bits per heavy atom. The summed E-state index contributed by atoms with van der Waals surface area (Å²) in [6.45, 7) is 0. The zero-order valence-corrected chi connectivity index (χ0v) is 6.03. The van der Waals surface area contributed by atoms with Crippen LogP contribution in [0.15, 0.2) is 24.3 Å². The van der Waals surface area contributed by atoms with Crippen LogP contribution < -0.4 is 0 Å². The third-order valence-corrected chi connectivity index (χ3v) is 1.63. The van der Waals surface area contributed by atoms with Crippen LogP contribution in [0, 0.1) is 4.77 Å². The highest BCUT2D eigenvalue weighted by molar-refractivity contribution is 7.71. The Hall–Kier alpha value is -1.09. The number of fused-ring (bicyclic) bond motifs is 1. The summed E-state index contributed by atoms with van der Waals surface area (Å²) in [4.78, 5) is 6.04. The molecule has 0 spiro atoms. The predicted molar refractivity (Wildman–Crippen MR) is 47.7 cm³/mol. The van der Waals surface area contributed by atoms with Gasteiger partial charge in [-0.15, -0.1) is 0 Å². The van der Waals surface area contributed by atoms with E-state index in [9.17, 15) is 0 Å². The first-order valence-corrected chi connectivity index (χ1v) is 3.44. The zero-order chi connectivity index (χ0) is 6.97. The van der Waals surface area contributed by atoms with Crippen molar-refractivity contribution in [3.8, 4) is 0 Å². The lowest BCUT2D eigenvalue weighted by molar-refractivity contribution is 1.30. The molecule has 0 aliphatic rings. The molecule has 3 heteroatoms. The molecule has 0 aliphatic heterocycles. The van der Waals surface area contributed by atoms with Crippen LogP contribution in [0.5, 0.6) is 0 Å². The normalized spacial score (nSPS) is 10.4. The third kappa shape index (κ3) is 0.752. The van der Waals surface area contributed by atoms with Crippen LogP contribution in [0.25, 0.3) is 11.0 Å². The molecule has 0 saturated carbocycles. The van der Waals surface area contributed by atoms with E-state index < -0.39 is 0 Å². The first-order valence-electron chi connectivity index (χ1n) is 3.03. The van der Waals surface area contributed by atoms with E-state index in [1.807, 2.05) is 24.3 Å². The van der Waals surface area contributed by atoms with Gasteiger partial charge in [0.15, 0.2) is 4.77 Å². The minimum atomic E-state index is 0. The van der Waals surface area contributed by atoms with Crippen LogP contribution in [-0.4, -0.2) is 9.97 Å². The van der Waals surface area contributed by atoms with Gasteiger partial charge < -0.3 is 9.97 Å². The standard InChI is InChI=1S/C7H6N2S.2H2/c10-7-8-5-3-1-2-4-6(5)9-7;;/h1-4H,(H2,8,9,10);2*1H. The van der Waals surface area contributed by atoms with Crippen LogP contribution in [0.3, 0.4) is 0 Å². The van der Waals surface area contributed by atoms with Crippen LogP contribution in [0.4, 0.5) is 0 Å². The number of rotatable bonds is 0. The van der Waals surface area contributed by atoms with Crippen LogP contribution in [0.1, 0.15) is 2.85 Å². The lowest BCUT2D eigenvalue weighted by Gasteiger charge is -1.82. The van der Waals surface area contributed by atoms with Gasteiger partial charge in [-0.3, -0.25) is 0 Å². The van der Waals surface area contributed by atoms with Crippen molar-refractivity contribution in [2.24, 2.45) is 0 Å². The van der Waals surface area contributed by atoms with E-state index in [0.29, 0.717) is 4.77 Å². The maximum atomic E-state index is 4.90. The molecule has 0 radical (unpaired) electrons. The molecular formula is C7H10N2S. The number of nitrogens with one attached hydrogen (secondary N) is 2. The van der Waals surface area contributed by atoms with Gasteiger partial charge in [0.05, 0.1) is 11.0 Å². The van der Waals surface area contributed by atoms with E-state index in [1.54, 1.807) is 0 Å². The quantitative estimate of drug-likeness (QED) is 0.562. The van der Waals surface area contributed by atoms with Crippen molar-refractivity contribution < 1.29 is 2.85 Å². The van der Waals surface area contributed by atoms with Gasteiger partial charge in [-0.25, -0.2) is 0 Å². The summed E-state index contributed by atoms with van der Waals surface area (Å²) < 4.78 is 0.682. The highest BCUT2D eigenvalue weighted by atomic mass is 32.1. The fraction of sp³-hybridized carbons (Fsp3) is 0. The molecule has 0 fully saturated rings. The van der Waals surface area contributed by atoms with Crippen molar-refractivity contribution in [3.63, 3.8) is 0 Å². The van der Waals surface area contributed by atoms with E-state index in [-0.39, 0.29) is 2.85 Å². The monoisotopic (exact) mass is 154 g/mol. The van der Waals surface area contributed by atoms with E-state index >= 15 is 0 Å². The molecule has 2 rings (SSSR count). The van der Waals surface area contributed by atoms with Crippen LogP contribution in [0.2, 0.25) is 0 Å². The minimum absolute atomic E-state index is 0. The molecular weight excluding hydrogens is 144 g/mol. The number of imidazole rings is 1. The topological polar surface area (TPSA) is 31.6 Å². The Labute approximate surface area is 65.9 Å². The van der Waals surface area contributed by atoms with Gasteiger partial charge in [-0.05, 0) is 24.4 Å². The number of hydrogen-bond donors (Lipinski definition) is 2. The van der Waals surface area contributed by atoms with Crippen molar-refractivity contribution in [2.75, 3.05) is 0 Å². The Kier molecular flexibility index (Phi) is 1.11. The van der Waals surface area contributed by atoms with Gasteiger partial charge in [0, 0.05) is 2.85 Å². The van der Waals surface area contributed by atoms with E-state index in [1.165, 1.54) is 0 Å². The maximum Gasteiger partial charge on any atom is 0.175 e. The molecule has 0 bridgehead atoms. The van der Waals surface area contributed by atoms with Gasteiger partial charge >= 0.3 is 0 Å². The molecule has 0 aliphatic carbocycles. The summed E-state index contributed by atoms with van der Waals surface area (Å²) in [7, 11) is 0. The molecule has 1 aromatic carbocycles. The van der Waals surface area contributed by atoms with Gasteiger partial charge in [0.1, 0.15) is 0 Å². The third-order valence-electron chi connectivity index (χ3n) is 1.42. The first kappa shape index (κ1) is 5.68. The highest BCUT2D eigenvalue weighted by Crippen LogP contribution is 2.06. The van der Waals surface area contributed by atoms with Crippen molar-refractivity contribution >= 4 is 23.3 Å². The molecule has 1 aromatic heterocycles. The van der Waals surface area contributed by atoms with E-state index in [0.717, 1.165) is 11.0 Å². The van der Waals surface area contributed by atoms with Gasteiger partial charge in [0.25, 0.3) is 0 Å². The SMILES string of the molecule is S=c1[nH]c2ccccc2[nH]1.[HH].[HH]. The summed E-state index contributed by atoms with van der Waals surface area (Å²) in [5.74, 6) is 0. The average Bonchev–Trinajstić information content (AvgIpc) is 2.27. The Bertz CT molecular complexity index is 371. The highest BCUT2D eigenvalue weighted by Gasteiger charge is 1.90. The summed E-state index contributed by atoms with van der Waals surface area (Å²) >= 11 is 4.90. The number of benzene rings is 1. The molecule has 0 atom stereocenters. The molecule has 0 saturated heterocycles. The van der Waals surface area contributed by atoms with E-state index in [2.05, 4.69) is 9.97 Å². The second-order valence-corrected chi connectivity index (χ2v) is 2.53. The van der Waals surface area contributed by atoms with Gasteiger partial charge in [-0.1, -0.05) is 12.1 Å². The number of hydrogen-bond acceptors (Lipinski definition) is 1. The molecule has 2 nitrogen and oxygen atoms in total. The average molecular weight is 154 g/mol. The summed E-state index contributed by atoms with van der Waals surface area (Å²) in [6, 6.07) is 7.92. The smallest absolute Gasteiger partial charge is 0.175 e. The summed E-state index contributed by atoms with van der Waals surface area (Å²) in [6.07, 6.45) is 0. The number of aromatic amines is 2. The zero-order valence-electron chi connectivity index (χ0n) is 5.22. The maximum absolute atomic E-state index is 4.90. The predicted octanol–water partition coefficient (Wildman–Crippen LogP) is 2.72. The number of para-hydroxylation sites is 2. The fourth-order valence-corrected chi connectivity index (χ4v) is 1.20. The second kappa shape index (κ2) is 1.95. The number of H-pyrrole nitrogens is 2. The second-order valence-electron chi connectivity index (χ2n) is 2.12. The fourth-order valence-electron chi connectivity index (χ4n) is 0.977. The summed E-state index contributed by atoms with van der Waals surface area (Å²) in [5, 5.41) is 0. The number of aromatic nitrogens is 2. The van der Waals surface area contributed by atoms with Gasteiger partial charge in [-0.2, -0.15) is 0 Å². The molecule has 0 amide bonds. The van der Waals surface area contributed by atoms with Crippen molar-refractivity contribution in [1.29, 1.82) is 0 Å². The summed E-state index contributed by atoms with van der Waals surface area (Å²) in [5.41, 5.74) is 2.13. The Balaban J connectivity index is 0.000000605. The van der Waals surface area contributed by atoms with Crippen molar-refractivity contribution in [3.05, 3.63) is 29.0 Å². The van der Waals surface area contributed by atoms with Gasteiger partial charge in [0.2, 0.25) is 0 Å². The van der Waals surface area contributed by atoms with Crippen LogP contribution >= 0.6 is 12.2 Å². The molecule has 0 unspecified atom stereocenters. The van der Waals surface area contributed by atoms with E-state index in [4.69, 9.17) is 12.2 Å². The minimum Gasteiger partial charge on any atom is -0.331 e. The van der Waals surface area contributed by atoms with Crippen molar-refractivity contribution in [2.45, 2.75) is 0 Å². The molecule has 10 heavy (non-hydrogen) atoms. The largest absolute Gasteiger partial charge is 0.331 e. The van der Waals surface area contributed by atoms with Crippen molar-refractivity contribution in [1.82, 2.24) is 9.97 Å². The van der Waals surface area contributed by atoms with Crippen LogP contribution in [-0.2, 0) is 0 Å². The Morgan fingerprint density at radius 2 is 1.60 bits per heavy atom. The lowest BCUT2D eigenvalue weighted by atomic mass is 10.3.